The average Bonchev–Trinajstić information content (AvgIpc) is 2.31. The van der Waals surface area contributed by atoms with Crippen molar-refractivity contribution in [3.63, 3.8) is 0 Å². The second-order valence-electron chi connectivity index (χ2n) is 3.62. The molecule has 1 rings (SSSR count). The number of benzene rings is 1. The summed E-state index contributed by atoms with van der Waals surface area (Å²) in [6.07, 6.45) is 0.397. The highest BCUT2D eigenvalue weighted by Gasteiger charge is 2.18. The van der Waals surface area contributed by atoms with Crippen LogP contribution in [0.15, 0.2) is 24.3 Å². The van der Waals surface area contributed by atoms with E-state index in [9.17, 15) is 9.59 Å². The van der Waals surface area contributed by atoms with Gasteiger partial charge in [-0.1, -0.05) is 19.1 Å². The highest BCUT2D eigenvalue weighted by atomic mass is 16.6. The SMILES string of the molecule is CCC(=O)OC(=O)[C@@H](N)Cc1ccc(O)cc1. The molecule has 0 fully saturated rings. The van der Waals surface area contributed by atoms with Crippen molar-refractivity contribution in [3.8, 4) is 5.75 Å². The summed E-state index contributed by atoms with van der Waals surface area (Å²) >= 11 is 0. The van der Waals surface area contributed by atoms with E-state index in [1.165, 1.54) is 12.1 Å². The van der Waals surface area contributed by atoms with Crippen LogP contribution in [-0.2, 0) is 20.7 Å². The number of carbonyl (C=O) groups excluding carboxylic acids is 2. The molecule has 1 aromatic carbocycles. The van der Waals surface area contributed by atoms with Crippen LogP contribution in [0.25, 0.3) is 0 Å². The molecule has 3 N–H and O–H groups in total. The van der Waals surface area contributed by atoms with Crippen molar-refractivity contribution in [1.82, 2.24) is 0 Å². The van der Waals surface area contributed by atoms with Crippen LogP contribution in [0.4, 0.5) is 0 Å². The Balaban J connectivity index is 2.54. The second kappa shape index (κ2) is 6.00. The summed E-state index contributed by atoms with van der Waals surface area (Å²) in [5.41, 5.74) is 6.39. The monoisotopic (exact) mass is 237 g/mol. The highest BCUT2D eigenvalue weighted by Crippen LogP contribution is 2.11. The van der Waals surface area contributed by atoms with Crippen LogP contribution in [0.5, 0.6) is 5.75 Å². The van der Waals surface area contributed by atoms with E-state index >= 15 is 0 Å². The van der Waals surface area contributed by atoms with Crippen molar-refractivity contribution in [2.75, 3.05) is 0 Å². The number of phenolic OH excluding ortho intramolecular Hbond substituents is 1. The van der Waals surface area contributed by atoms with E-state index in [4.69, 9.17) is 10.8 Å². The van der Waals surface area contributed by atoms with Gasteiger partial charge in [-0.05, 0) is 24.1 Å². The van der Waals surface area contributed by atoms with Gasteiger partial charge in [0.05, 0.1) is 0 Å². The summed E-state index contributed by atoms with van der Waals surface area (Å²) in [5.74, 6) is -1.17. The molecule has 0 saturated carbocycles. The molecule has 0 amide bonds. The van der Waals surface area contributed by atoms with E-state index in [-0.39, 0.29) is 18.6 Å². The van der Waals surface area contributed by atoms with Gasteiger partial charge in [-0.15, -0.1) is 0 Å². The van der Waals surface area contributed by atoms with Crippen LogP contribution in [0.2, 0.25) is 0 Å². The molecule has 0 radical (unpaired) electrons. The Bertz CT molecular complexity index is 399. The van der Waals surface area contributed by atoms with Gasteiger partial charge in [0.2, 0.25) is 0 Å². The molecule has 0 unspecified atom stereocenters. The van der Waals surface area contributed by atoms with Crippen molar-refractivity contribution < 1.29 is 19.4 Å². The van der Waals surface area contributed by atoms with Gasteiger partial charge in [0.25, 0.3) is 0 Å². The van der Waals surface area contributed by atoms with Crippen molar-refractivity contribution in [1.29, 1.82) is 0 Å². The van der Waals surface area contributed by atoms with Crippen molar-refractivity contribution in [2.45, 2.75) is 25.8 Å². The zero-order chi connectivity index (χ0) is 12.8. The van der Waals surface area contributed by atoms with Crippen molar-refractivity contribution in [3.05, 3.63) is 29.8 Å². The predicted octanol–water partition coefficient (Wildman–Crippen LogP) is 0.742. The van der Waals surface area contributed by atoms with E-state index in [2.05, 4.69) is 4.74 Å². The maximum Gasteiger partial charge on any atom is 0.330 e. The molecule has 0 heterocycles. The molecule has 0 aromatic heterocycles. The number of phenols is 1. The van der Waals surface area contributed by atoms with E-state index in [1.807, 2.05) is 0 Å². The molecule has 92 valence electrons. The number of esters is 2. The highest BCUT2D eigenvalue weighted by molar-refractivity contribution is 5.88. The van der Waals surface area contributed by atoms with Crippen LogP contribution < -0.4 is 5.73 Å². The number of aromatic hydroxyl groups is 1. The van der Waals surface area contributed by atoms with Gasteiger partial charge < -0.3 is 15.6 Å². The molecule has 17 heavy (non-hydrogen) atoms. The van der Waals surface area contributed by atoms with Crippen LogP contribution >= 0.6 is 0 Å². The zero-order valence-corrected chi connectivity index (χ0v) is 9.55. The third-order valence-electron chi connectivity index (χ3n) is 2.20. The number of nitrogens with two attached hydrogens (primary N) is 1. The smallest absolute Gasteiger partial charge is 0.330 e. The fourth-order valence-corrected chi connectivity index (χ4v) is 1.23. The van der Waals surface area contributed by atoms with E-state index < -0.39 is 18.0 Å². The van der Waals surface area contributed by atoms with E-state index in [1.54, 1.807) is 19.1 Å². The lowest BCUT2D eigenvalue weighted by Gasteiger charge is -2.09. The van der Waals surface area contributed by atoms with Gasteiger partial charge >= 0.3 is 11.9 Å². The molecule has 0 bridgehead atoms. The maximum atomic E-state index is 11.4. The van der Waals surface area contributed by atoms with Gasteiger partial charge in [-0.25, -0.2) is 4.79 Å². The molecule has 0 aliphatic carbocycles. The molecule has 5 nitrogen and oxygen atoms in total. The summed E-state index contributed by atoms with van der Waals surface area (Å²) < 4.78 is 4.51. The van der Waals surface area contributed by atoms with Gasteiger partial charge in [0, 0.05) is 6.42 Å². The minimum absolute atomic E-state index is 0.137. The summed E-state index contributed by atoms with van der Waals surface area (Å²) in [7, 11) is 0. The number of hydrogen-bond donors (Lipinski definition) is 2. The average molecular weight is 237 g/mol. The lowest BCUT2D eigenvalue weighted by molar-refractivity contribution is -0.160. The topological polar surface area (TPSA) is 89.6 Å². The Morgan fingerprint density at radius 2 is 1.94 bits per heavy atom. The first-order valence-corrected chi connectivity index (χ1v) is 5.31. The normalized spacial score (nSPS) is 11.9. The Labute approximate surface area is 99.2 Å². The second-order valence-corrected chi connectivity index (χ2v) is 3.62. The standard InChI is InChI=1S/C12H15NO4/c1-2-11(15)17-12(16)10(13)7-8-3-5-9(14)6-4-8/h3-6,10,14H,2,7,13H2,1H3/t10-/m0/s1. The lowest BCUT2D eigenvalue weighted by atomic mass is 10.1. The molecule has 1 aromatic rings. The fraction of sp³-hybridized carbons (Fsp3) is 0.333. The first-order chi connectivity index (χ1) is 8.02. The van der Waals surface area contributed by atoms with Gasteiger partial charge in [-0.2, -0.15) is 0 Å². The zero-order valence-electron chi connectivity index (χ0n) is 9.55. The Hall–Kier alpha value is -1.88. The maximum absolute atomic E-state index is 11.4. The van der Waals surface area contributed by atoms with Crippen LogP contribution in [0, 0.1) is 0 Å². The molecular weight excluding hydrogens is 222 g/mol. The van der Waals surface area contributed by atoms with Crippen LogP contribution in [0.1, 0.15) is 18.9 Å². The summed E-state index contributed by atoms with van der Waals surface area (Å²) in [6, 6.07) is 5.44. The molecule has 0 spiro atoms. The molecule has 0 saturated heterocycles. The number of ether oxygens (including phenoxy) is 1. The number of hydrogen-bond acceptors (Lipinski definition) is 5. The summed E-state index contributed by atoms with van der Waals surface area (Å²) in [4.78, 5) is 22.3. The third-order valence-corrected chi connectivity index (χ3v) is 2.20. The molecule has 1 atom stereocenters. The fourth-order valence-electron chi connectivity index (χ4n) is 1.23. The first-order valence-electron chi connectivity index (χ1n) is 5.31. The van der Waals surface area contributed by atoms with E-state index in [0.717, 1.165) is 5.56 Å². The Kier molecular flexibility index (Phi) is 4.66. The largest absolute Gasteiger partial charge is 0.508 e. The predicted molar refractivity (Wildman–Crippen MR) is 61.2 cm³/mol. The van der Waals surface area contributed by atoms with Crippen molar-refractivity contribution in [2.24, 2.45) is 5.73 Å². The Morgan fingerprint density at radius 3 is 2.47 bits per heavy atom. The van der Waals surface area contributed by atoms with Gasteiger partial charge in [0.15, 0.2) is 0 Å². The third kappa shape index (κ3) is 4.24. The van der Waals surface area contributed by atoms with E-state index in [0.29, 0.717) is 0 Å². The minimum atomic E-state index is -0.880. The lowest BCUT2D eigenvalue weighted by Crippen LogP contribution is -2.35. The first kappa shape index (κ1) is 13.2. The van der Waals surface area contributed by atoms with Crippen LogP contribution in [-0.4, -0.2) is 23.1 Å². The number of rotatable bonds is 4. The van der Waals surface area contributed by atoms with Gasteiger partial charge in [0.1, 0.15) is 11.8 Å². The minimum Gasteiger partial charge on any atom is -0.508 e. The van der Waals surface area contributed by atoms with Crippen molar-refractivity contribution >= 4 is 11.9 Å². The van der Waals surface area contributed by atoms with Crippen LogP contribution in [0.3, 0.4) is 0 Å². The summed E-state index contributed by atoms with van der Waals surface area (Å²) in [6.45, 7) is 1.60. The molecule has 0 aliphatic rings. The summed E-state index contributed by atoms with van der Waals surface area (Å²) in [5, 5.41) is 9.08. The molecule has 5 heteroatoms. The molecule has 0 aliphatic heterocycles. The quantitative estimate of drug-likeness (QED) is 0.595. The molecular formula is C12H15NO4. The van der Waals surface area contributed by atoms with Gasteiger partial charge in [-0.3, -0.25) is 4.79 Å². The Morgan fingerprint density at radius 1 is 1.35 bits per heavy atom. The number of carbonyl (C=O) groups is 2.